The van der Waals surface area contributed by atoms with E-state index in [-0.39, 0.29) is 16.9 Å². The van der Waals surface area contributed by atoms with E-state index in [0.717, 1.165) is 12.8 Å². The van der Waals surface area contributed by atoms with E-state index < -0.39 is 5.97 Å². The predicted octanol–water partition coefficient (Wildman–Crippen LogP) is 3.28. The van der Waals surface area contributed by atoms with Crippen molar-refractivity contribution in [2.45, 2.75) is 32.1 Å². The maximum Gasteiger partial charge on any atom is 0.337 e. The minimum Gasteiger partial charge on any atom is -0.478 e. The van der Waals surface area contributed by atoms with Gasteiger partial charge >= 0.3 is 5.97 Å². The Morgan fingerprint density at radius 2 is 1.72 bits per heavy atom. The number of carbonyl (C=O) groups excluding carboxylic acids is 1. The Labute approximate surface area is 147 Å². The zero-order chi connectivity index (χ0) is 18.0. The zero-order valence-electron chi connectivity index (χ0n) is 14.5. The number of aryl methyl sites for hydroxylation is 1. The summed E-state index contributed by atoms with van der Waals surface area (Å²) in [5, 5.41) is 9.07. The van der Waals surface area contributed by atoms with Gasteiger partial charge in [-0.05, 0) is 42.9 Å². The molecule has 0 aliphatic carbocycles. The van der Waals surface area contributed by atoms with E-state index in [1.165, 1.54) is 17.7 Å². The molecule has 2 aromatic rings. The summed E-state index contributed by atoms with van der Waals surface area (Å²) in [5.41, 5.74) is 2.19. The molecule has 5 heteroatoms. The van der Waals surface area contributed by atoms with Crippen molar-refractivity contribution in [3.63, 3.8) is 0 Å². The highest BCUT2D eigenvalue weighted by molar-refractivity contribution is 5.94. The zero-order valence-corrected chi connectivity index (χ0v) is 14.5. The van der Waals surface area contributed by atoms with Crippen molar-refractivity contribution in [1.82, 2.24) is 9.88 Å². The first-order valence-electron chi connectivity index (χ1n) is 8.46. The third-order valence-corrected chi connectivity index (χ3v) is 5.16. The molecule has 1 aromatic carbocycles. The third kappa shape index (κ3) is 3.40. The normalized spacial score (nSPS) is 16.5. The fourth-order valence-electron chi connectivity index (χ4n) is 3.40. The third-order valence-electron chi connectivity index (χ3n) is 5.16. The lowest BCUT2D eigenvalue weighted by Gasteiger charge is -2.39. The van der Waals surface area contributed by atoms with Crippen LogP contribution in [0.25, 0.3) is 0 Å². The van der Waals surface area contributed by atoms with Gasteiger partial charge in [-0.15, -0.1) is 0 Å². The van der Waals surface area contributed by atoms with Crippen LogP contribution < -0.4 is 0 Å². The Balaban J connectivity index is 1.72. The van der Waals surface area contributed by atoms with Gasteiger partial charge < -0.3 is 10.0 Å². The lowest BCUT2D eigenvalue weighted by Crippen LogP contribution is -2.44. The number of carboxylic acids is 1. The fourth-order valence-corrected chi connectivity index (χ4v) is 3.40. The SMILES string of the molecule is Cc1nc(C(=O)N2CCC(C)(c3ccccc3)CC2)ccc1C(=O)O. The molecule has 0 unspecified atom stereocenters. The molecule has 0 saturated carbocycles. The van der Waals surface area contributed by atoms with Crippen LogP contribution in [0.3, 0.4) is 0 Å². The average Bonchev–Trinajstić information content (AvgIpc) is 2.62. The maximum absolute atomic E-state index is 12.7. The first-order valence-corrected chi connectivity index (χ1v) is 8.46. The van der Waals surface area contributed by atoms with Gasteiger partial charge in [-0.3, -0.25) is 4.79 Å². The molecule has 0 spiro atoms. The number of likely N-dealkylation sites (tertiary alicyclic amines) is 1. The number of hydrogen-bond donors (Lipinski definition) is 1. The van der Waals surface area contributed by atoms with E-state index in [0.29, 0.717) is 24.5 Å². The van der Waals surface area contributed by atoms with Gasteiger partial charge in [0.25, 0.3) is 5.91 Å². The monoisotopic (exact) mass is 338 g/mol. The Kier molecular flexibility index (Phi) is 4.57. The number of pyridine rings is 1. The molecule has 1 saturated heterocycles. The van der Waals surface area contributed by atoms with Crippen molar-refractivity contribution in [3.8, 4) is 0 Å². The summed E-state index contributed by atoms with van der Waals surface area (Å²) >= 11 is 0. The van der Waals surface area contributed by atoms with E-state index >= 15 is 0 Å². The van der Waals surface area contributed by atoms with Crippen LogP contribution in [0.5, 0.6) is 0 Å². The highest BCUT2D eigenvalue weighted by Gasteiger charge is 2.33. The van der Waals surface area contributed by atoms with E-state index in [1.807, 2.05) is 11.0 Å². The molecule has 2 heterocycles. The molecule has 0 bridgehead atoms. The number of aromatic carboxylic acids is 1. The molecule has 1 N–H and O–H groups in total. The molecule has 130 valence electrons. The van der Waals surface area contributed by atoms with Crippen molar-refractivity contribution < 1.29 is 14.7 Å². The Morgan fingerprint density at radius 1 is 1.08 bits per heavy atom. The van der Waals surface area contributed by atoms with Crippen molar-refractivity contribution in [2.24, 2.45) is 0 Å². The maximum atomic E-state index is 12.7. The second-order valence-electron chi connectivity index (χ2n) is 6.85. The number of benzene rings is 1. The van der Waals surface area contributed by atoms with Crippen LogP contribution in [0.1, 0.15) is 51.9 Å². The van der Waals surface area contributed by atoms with Crippen LogP contribution in [0.15, 0.2) is 42.5 Å². The van der Waals surface area contributed by atoms with Gasteiger partial charge in [0.2, 0.25) is 0 Å². The largest absolute Gasteiger partial charge is 0.478 e. The summed E-state index contributed by atoms with van der Waals surface area (Å²) in [5.74, 6) is -1.16. The molecule has 0 radical (unpaired) electrons. The molecule has 3 rings (SSSR count). The standard InChI is InChI=1S/C20H22N2O3/c1-14-16(19(24)25)8-9-17(21-14)18(23)22-12-10-20(2,11-13-22)15-6-4-3-5-7-15/h3-9H,10-13H2,1-2H3,(H,24,25). The second-order valence-corrected chi connectivity index (χ2v) is 6.85. The number of nitrogens with zero attached hydrogens (tertiary/aromatic N) is 2. The minimum atomic E-state index is -1.03. The number of hydrogen-bond acceptors (Lipinski definition) is 3. The Morgan fingerprint density at radius 3 is 2.28 bits per heavy atom. The first kappa shape index (κ1) is 17.1. The van der Waals surface area contributed by atoms with Crippen molar-refractivity contribution in [1.29, 1.82) is 0 Å². The molecule has 1 fully saturated rings. The van der Waals surface area contributed by atoms with E-state index in [9.17, 15) is 9.59 Å². The van der Waals surface area contributed by atoms with Crippen LogP contribution in [-0.2, 0) is 5.41 Å². The minimum absolute atomic E-state index is 0.0779. The van der Waals surface area contributed by atoms with Gasteiger partial charge in [-0.1, -0.05) is 37.3 Å². The highest BCUT2D eigenvalue weighted by atomic mass is 16.4. The molecule has 1 aliphatic heterocycles. The van der Waals surface area contributed by atoms with Gasteiger partial charge in [0.05, 0.1) is 11.3 Å². The molecular weight excluding hydrogens is 316 g/mol. The van der Waals surface area contributed by atoms with Crippen LogP contribution in [0, 0.1) is 6.92 Å². The molecular formula is C20H22N2O3. The van der Waals surface area contributed by atoms with Crippen LogP contribution in [0.4, 0.5) is 0 Å². The summed E-state index contributed by atoms with van der Waals surface area (Å²) in [7, 11) is 0. The Hall–Kier alpha value is -2.69. The van der Waals surface area contributed by atoms with Crippen molar-refractivity contribution >= 4 is 11.9 Å². The average molecular weight is 338 g/mol. The summed E-state index contributed by atoms with van der Waals surface area (Å²) in [6.45, 7) is 5.20. The highest BCUT2D eigenvalue weighted by Crippen LogP contribution is 2.35. The summed E-state index contributed by atoms with van der Waals surface area (Å²) in [4.78, 5) is 29.8. The van der Waals surface area contributed by atoms with Gasteiger partial charge in [0.1, 0.15) is 5.69 Å². The predicted molar refractivity (Wildman–Crippen MR) is 94.9 cm³/mol. The summed E-state index contributed by atoms with van der Waals surface area (Å²) in [6, 6.07) is 13.4. The number of carboxylic acid groups (broad SMARTS) is 1. The topological polar surface area (TPSA) is 70.5 Å². The quantitative estimate of drug-likeness (QED) is 0.932. The van der Waals surface area contributed by atoms with Gasteiger partial charge in [-0.2, -0.15) is 0 Å². The number of amides is 1. The van der Waals surface area contributed by atoms with Gasteiger partial charge in [0.15, 0.2) is 0 Å². The van der Waals surface area contributed by atoms with Gasteiger partial charge in [0, 0.05) is 13.1 Å². The lowest BCUT2D eigenvalue weighted by atomic mass is 9.74. The van der Waals surface area contributed by atoms with Crippen molar-refractivity contribution in [2.75, 3.05) is 13.1 Å². The fraction of sp³-hybridized carbons (Fsp3) is 0.350. The molecule has 1 aromatic heterocycles. The Bertz CT molecular complexity index is 794. The number of carbonyl (C=O) groups is 2. The van der Waals surface area contributed by atoms with E-state index in [2.05, 4.69) is 36.2 Å². The lowest BCUT2D eigenvalue weighted by molar-refractivity contribution is 0.0662. The van der Waals surface area contributed by atoms with Gasteiger partial charge in [-0.25, -0.2) is 9.78 Å². The number of aromatic nitrogens is 1. The van der Waals surface area contributed by atoms with E-state index in [4.69, 9.17) is 5.11 Å². The molecule has 1 amide bonds. The van der Waals surface area contributed by atoms with E-state index in [1.54, 1.807) is 6.92 Å². The summed E-state index contributed by atoms with van der Waals surface area (Å²) < 4.78 is 0. The van der Waals surface area contributed by atoms with Crippen molar-refractivity contribution in [3.05, 3.63) is 65.0 Å². The molecule has 25 heavy (non-hydrogen) atoms. The van der Waals surface area contributed by atoms with Crippen LogP contribution in [-0.4, -0.2) is 40.0 Å². The summed E-state index contributed by atoms with van der Waals surface area (Å²) in [6.07, 6.45) is 1.80. The molecule has 1 aliphatic rings. The van der Waals surface area contributed by atoms with Crippen LogP contribution >= 0.6 is 0 Å². The second kappa shape index (κ2) is 6.67. The number of piperidine rings is 1. The first-order chi connectivity index (χ1) is 11.9. The van der Waals surface area contributed by atoms with Crippen LogP contribution in [0.2, 0.25) is 0 Å². The smallest absolute Gasteiger partial charge is 0.337 e. The molecule has 0 atom stereocenters. The number of rotatable bonds is 3. The molecule has 5 nitrogen and oxygen atoms in total.